The Labute approximate surface area is 318 Å². The maximum absolute atomic E-state index is 6.57. The molecule has 6 aromatic carbocycles. The van der Waals surface area contributed by atoms with Crippen molar-refractivity contribution in [1.29, 1.82) is 0 Å². The van der Waals surface area contributed by atoms with Gasteiger partial charge in [0.05, 0.1) is 22.4 Å². The number of fused-ring (bicyclic) bond motifs is 3. The molecule has 5 nitrogen and oxygen atoms in total. The lowest BCUT2D eigenvalue weighted by atomic mass is 9.85. The van der Waals surface area contributed by atoms with Gasteiger partial charge in [-0.25, -0.2) is 4.98 Å². The first-order valence-corrected chi connectivity index (χ1v) is 18.6. The highest BCUT2D eigenvalue weighted by Crippen LogP contribution is 2.39. The normalized spacial score (nSPS) is 11.9. The number of ether oxygens (including phenoxy) is 1. The molecule has 0 aliphatic carbocycles. The van der Waals surface area contributed by atoms with Gasteiger partial charge in [-0.05, 0) is 94.3 Å². The van der Waals surface area contributed by atoms with Crippen LogP contribution < -0.4 is 15.4 Å². The van der Waals surface area contributed by atoms with Crippen LogP contribution in [0.2, 0.25) is 0 Å². The number of benzene rings is 6. The summed E-state index contributed by atoms with van der Waals surface area (Å²) in [5.74, 6) is 2.39. The zero-order chi connectivity index (χ0) is 37.5. The van der Waals surface area contributed by atoms with E-state index in [-0.39, 0.29) is 10.8 Å². The molecule has 0 saturated carbocycles. The molecular formula is C49H46N4O. The number of pyridine rings is 1. The zero-order valence-corrected chi connectivity index (χ0v) is 31.8. The monoisotopic (exact) mass is 706 g/mol. The van der Waals surface area contributed by atoms with Gasteiger partial charge in [0.1, 0.15) is 17.3 Å². The van der Waals surface area contributed by atoms with Gasteiger partial charge < -0.3 is 15.4 Å². The van der Waals surface area contributed by atoms with Crippen molar-refractivity contribution in [1.82, 2.24) is 9.55 Å². The number of anilines is 4. The third-order valence-corrected chi connectivity index (χ3v) is 10.0. The summed E-state index contributed by atoms with van der Waals surface area (Å²) in [5.41, 5.74) is 11.0. The molecule has 0 aliphatic heterocycles. The largest absolute Gasteiger partial charge is 0.457 e. The van der Waals surface area contributed by atoms with Crippen LogP contribution in [0, 0.1) is 0 Å². The van der Waals surface area contributed by atoms with Crippen molar-refractivity contribution in [2.24, 2.45) is 0 Å². The van der Waals surface area contributed by atoms with Crippen LogP contribution in [0.1, 0.15) is 52.7 Å². The number of aromatic nitrogens is 2. The van der Waals surface area contributed by atoms with Crippen LogP contribution in [0.25, 0.3) is 38.8 Å². The molecule has 0 amide bonds. The van der Waals surface area contributed by atoms with Crippen molar-refractivity contribution in [3.63, 3.8) is 0 Å². The van der Waals surface area contributed by atoms with E-state index in [1.165, 1.54) is 27.6 Å². The van der Waals surface area contributed by atoms with Gasteiger partial charge in [-0.1, -0.05) is 114 Å². The van der Waals surface area contributed by atoms with Gasteiger partial charge in [0, 0.05) is 46.0 Å². The molecule has 0 bridgehead atoms. The Hall–Kier alpha value is -6.33. The van der Waals surface area contributed by atoms with Gasteiger partial charge in [0.2, 0.25) is 0 Å². The second kappa shape index (κ2) is 13.9. The first kappa shape index (κ1) is 34.7. The Balaban J connectivity index is 1.09. The zero-order valence-electron chi connectivity index (χ0n) is 31.8. The first-order valence-electron chi connectivity index (χ1n) is 18.6. The van der Waals surface area contributed by atoms with Crippen molar-refractivity contribution < 1.29 is 4.74 Å². The van der Waals surface area contributed by atoms with Crippen LogP contribution in [0.3, 0.4) is 0 Å². The summed E-state index contributed by atoms with van der Waals surface area (Å²) in [6.07, 6.45) is 1.91. The van der Waals surface area contributed by atoms with E-state index in [1.807, 2.05) is 30.5 Å². The van der Waals surface area contributed by atoms with Crippen LogP contribution >= 0.6 is 0 Å². The Morgan fingerprint density at radius 1 is 0.500 bits per heavy atom. The van der Waals surface area contributed by atoms with Crippen LogP contribution in [-0.4, -0.2) is 9.55 Å². The smallest absolute Gasteiger partial charge is 0.137 e. The molecule has 8 aromatic rings. The molecule has 0 saturated heterocycles. The van der Waals surface area contributed by atoms with Crippen molar-refractivity contribution in [2.75, 3.05) is 10.6 Å². The maximum Gasteiger partial charge on any atom is 0.137 e. The second-order valence-corrected chi connectivity index (χ2v) is 16.0. The number of nitrogens with one attached hydrogen (secondary N) is 2. The van der Waals surface area contributed by atoms with E-state index in [0.29, 0.717) is 0 Å². The third-order valence-electron chi connectivity index (χ3n) is 10.0. The summed E-state index contributed by atoms with van der Waals surface area (Å²) in [6.45, 7) is 13.5. The first-order chi connectivity index (χ1) is 26.0. The van der Waals surface area contributed by atoms with E-state index in [9.17, 15) is 0 Å². The molecule has 2 N–H and O–H groups in total. The number of nitrogens with zero attached hydrogens (tertiary/aromatic N) is 2. The van der Waals surface area contributed by atoms with E-state index in [0.717, 1.165) is 56.5 Å². The Morgan fingerprint density at radius 3 is 1.94 bits per heavy atom. The lowest BCUT2D eigenvalue weighted by Crippen LogP contribution is -2.12. The average Bonchev–Trinajstić information content (AvgIpc) is 3.49. The highest BCUT2D eigenvalue weighted by atomic mass is 16.5. The van der Waals surface area contributed by atoms with Crippen molar-refractivity contribution in [3.05, 3.63) is 169 Å². The quantitative estimate of drug-likeness (QED) is 0.165. The average molecular weight is 707 g/mol. The molecule has 0 aliphatic rings. The summed E-state index contributed by atoms with van der Waals surface area (Å²) in [4.78, 5) is 4.84. The predicted molar refractivity (Wildman–Crippen MR) is 227 cm³/mol. The van der Waals surface area contributed by atoms with E-state index >= 15 is 0 Å². The van der Waals surface area contributed by atoms with Gasteiger partial charge in [-0.2, -0.15) is 0 Å². The molecule has 54 heavy (non-hydrogen) atoms. The molecule has 2 heterocycles. The molecule has 268 valence electrons. The maximum atomic E-state index is 6.57. The second-order valence-electron chi connectivity index (χ2n) is 16.0. The minimum atomic E-state index is 0.00313. The van der Waals surface area contributed by atoms with Crippen molar-refractivity contribution in [2.45, 2.75) is 52.4 Å². The topological polar surface area (TPSA) is 51.1 Å². The van der Waals surface area contributed by atoms with Crippen LogP contribution in [-0.2, 0) is 10.8 Å². The van der Waals surface area contributed by atoms with Crippen molar-refractivity contribution in [3.8, 4) is 28.4 Å². The molecular weight excluding hydrogens is 661 g/mol. The van der Waals surface area contributed by atoms with Gasteiger partial charge in [0.15, 0.2) is 0 Å². The molecule has 0 fully saturated rings. The molecule has 0 radical (unpaired) electrons. The van der Waals surface area contributed by atoms with Crippen LogP contribution in [0.4, 0.5) is 22.7 Å². The summed E-state index contributed by atoms with van der Waals surface area (Å²) in [7, 11) is 0. The third kappa shape index (κ3) is 7.05. The van der Waals surface area contributed by atoms with E-state index in [2.05, 4.69) is 184 Å². The molecule has 0 atom stereocenters. The van der Waals surface area contributed by atoms with Gasteiger partial charge in [0.25, 0.3) is 0 Å². The standard InChI is InChI=1S/C49H46N4O/c1-48(2,3)34-23-26-42(41(29-34)33-15-8-7-9-16-33)52-44-21-12-11-20-43(44)51-36-17-14-18-37(31-36)54-38-24-25-40-39-19-10-13-22-45(39)53(46(40)32-38)47-30-35(27-28-50-47)49(4,5)6/h7-32,51-52H,1-6H3. The van der Waals surface area contributed by atoms with Gasteiger partial charge in [-0.3, -0.25) is 4.57 Å². The number of para-hydroxylation sites is 3. The number of hydrogen-bond donors (Lipinski definition) is 2. The molecule has 0 unspecified atom stereocenters. The van der Waals surface area contributed by atoms with Crippen LogP contribution in [0.15, 0.2) is 158 Å². The summed E-state index contributed by atoms with van der Waals surface area (Å²) < 4.78 is 8.81. The molecule has 2 aromatic heterocycles. The Bertz CT molecular complexity index is 2610. The molecule has 8 rings (SSSR count). The van der Waals surface area contributed by atoms with E-state index in [1.54, 1.807) is 0 Å². The van der Waals surface area contributed by atoms with Crippen molar-refractivity contribution >= 4 is 44.6 Å². The Kier molecular flexibility index (Phi) is 8.95. The fourth-order valence-corrected chi connectivity index (χ4v) is 7.02. The highest BCUT2D eigenvalue weighted by molar-refractivity contribution is 6.09. The number of rotatable bonds is 8. The molecule has 0 spiro atoms. The van der Waals surface area contributed by atoms with E-state index in [4.69, 9.17) is 9.72 Å². The minimum absolute atomic E-state index is 0.00313. The fourth-order valence-electron chi connectivity index (χ4n) is 7.02. The van der Waals surface area contributed by atoms with Gasteiger partial charge in [-0.15, -0.1) is 0 Å². The minimum Gasteiger partial charge on any atom is -0.457 e. The van der Waals surface area contributed by atoms with Gasteiger partial charge >= 0.3 is 0 Å². The number of hydrogen-bond acceptors (Lipinski definition) is 4. The Morgan fingerprint density at radius 2 is 1.17 bits per heavy atom. The van der Waals surface area contributed by atoms with E-state index < -0.39 is 0 Å². The summed E-state index contributed by atoms with van der Waals surface area (Å²) >= 11 is 0. The highest BCUT2D eigenvalue weighted by Gasteiger charge is 2.19. The lowest BCUT2D eigenvalue weighted by molar-refractivity contribution is 0.483. The fraction of sp³-hybridized carbons (Fsp3) is 0.163. The molecule has 5 heteroatoms. The van der Waals surface area contributed by atoms with Crippen LogP contribution in [0.5, 0.6) is 11.5 Å². The summed E-state index contributed by atoms with van der Waals surface area (Å²) in [5, 5.41) is 9.74. The predicted octanol–water partition coefficient (Wildman–Crippen LogP) is 13.7. The lowest BCUT2D eigenvalue weighted by Gasteiger charge is -2.23. The summed E-state index contributed by atoms with van der Waals surface area (Å²) in [6, 6.07) is 52.9. The SMILES string of the molecule is CC(C)(C)c1ccnc(-n2c3ccccc3c3ccc(Oc4cccc(Nc5ccccc5Nc5ccc(C(C)(C)C)cc5-c5ccccc5)c4)cc32)c1.